The zero-order valence-electron chi connectivity index (χ0n) is 25.5. The Morgan fingerprint density at radius 1 is 0.829 bits per heavy atom. The van der Waals surface area contributed by atoms with Crippen LogP contribution in [0.5, 0.6) is 0 Å². The summed E-state index contributed by atoms with van der Waals surface area (Å²) in [5.41, 5.74) is 7.04. The average molecular weight is 558 g/mol. The van der Waals surface area contributed by atoms with E-state index < -0.39 is 0 Å². The van der Waals surface area contributed by atoms with E-state index >= 15 is 0 Å². The van der Waals surface area contributed by atoms with Crippen LogP contribution in [0.25, 0.3) is 0 Å². The maximum atomic E-state index is 12.0. The second-order valence-corrected chi connectivity index (χ2v) is 11.7. The third-order valence-electron chi connectivity index (χ3n) is 8.24. The number of allylic oxidation sites excluding steroid dienone is 4. The van der Waals surface area contributed by atoms with Crippen LogP contribution in [0.1, 0.15) is 78.4 Å². The number of anilines is 1. The number of benzene rings is 2. The molecule has 2 heterocycles. The van der Waals surface area contributed by atoms with Gasteiger partial charge in [-0.15, -0.1) is 0 Å². The van der Waals surface area contributed by atoms with Crippen molar-refractivity contribution in [3.63, 3.8) is 0 Å². The summed E-state index contributed by atoms with van der Waals surface area (Å²) >= 11 is 0. The van der Waals surface area contributed by atoms with Gasteiger partial charge in [0.2, 0.25) is 5.69 Å². The Hall–Kier alpha value is -3.67. The molecule has 6 heteroatoms. The molecule has 0 saturated carbocycles. The molecule has 2 aromatic rings. The molecule has 0 atom stereocenters. The first-order valence-electron chi connectivity index (χ1n) is 14.9. The summed E-state index contributed by atoms with van der Waals surface area (Å²) in [6.45, 7) is 15.0. The van der Waals surface area contributed by atoms with E-state index in [1.165, 1.54) is 33.9 Å². The molecule has 41 heavy (non-hydrogen) atoms. The van der Waals surface area contributed by atoms with Crippen LogP contribution in [0.2, 0.25) is 0 Å². The molecule has 0 radical (unpaired) electrons. The lowest BCUT2D eigenvalue weighted by molar-refractivity contribution is -0.438. The fourth-order valence-corrected chi connectivity index (χ4v) is 6.22. The second kappa shape index (κ2) is 12.9. The number of hydrogen-bond donors (Lipinski definition) is 0. The molecule has 2 aliphatic rings. The van der Waals surface area contributed by atoms with Gasteiger partial charge in [0.15, 0.2) is 5.71 Å². The van der Waals surface area contributed by atoms with Gasteiger partial charge in [0, 0.05) is 53.9 Å². The number of carbonyl (C=O) groups excluding carboxylic acids is 2. The zero-order valence-corrected chi connectivity index (χ0v) is 25.5. The largest absolute Gasteiger partial charge is 0.466 e. The lowest BCUT2D eigenvalue weighted by atomic mass is 9.81. The molecule has 0 unspecified atom stereocenters. The van der Waals surface area contributed by atoms with Gasteiger partial charge in [-0.3, -0.25) is 9.59 Å². The predicted molar refractivity (Wildman–Crippen MR) is 165 cm³/mol. The number of fused-ring (bicyclic) bond motifs is 2. The standard InChI is InChI=1S/C35H45N2O4/c1-7-40-32(38)22-14-24-36-28-18-11-9-16-26(28)34(3,4)30(36)20-13-21-31-35(5,6)27-17-10-12-19-29(27)37(31)25-15-23-33(39)41-8-2/h9-13,16-21H,7-8,14-15,22-25H2,1-6H3/q+1. The summed E-state index contributed by atoms with van der Waals surface area (Å²) in [5, 5.41) is 0. The molecule has 0 aromatic heterocycles. The van der Waals surface area contributed by atoms with Gasteiger partial charge in [0.25, 0.3) is 0 Å². The van der Waals surface area contributed by atoms with Crippen LogP contribution in [0.4, 0.5) is 11.4 Å². The minimum atomic E-state index is -0.178. The molecule has 0 saturated heterocycles. The Morgan fingerprint density at radius 3 is 2.12 bits per heavy atom. The van der Waals surface area contributed by atoms with E-state index in [-0.39, 0.29) is 22.8 Å². The van der Waals surface area contributed by atoms with Crippen LogP contribution >= 0.6 is 0 Å². The summed E-state index contributed by atoms with van der Waals surface area (Å²) < 4.78 is 12.7. The number of hydrogen-bond acceptors (Lipinski definition) is 5. The van der Waals surface area contributed by atoms with E-state index in [1.54, 1.807) is 0 Å². The molecular formula is C35H45N2O4+. The second-order valence-electron chi connectivity index (χ2n) is 11.7. The van der Waals surface area contributed by atoms with Gasteiger partial charge >= 0.3 is 11.9 Å². The van der Waals surface area contributed by atoms with Crippen molar-refractivity contribution in [3.8, 4) is 0 Å². The zero-order chi connectivity index (χ0) is 29.6. The Labute approximate surface area is 245 Å². The van der Waals surface area contributed by atoms with Crippen LogP contribution in [0.15, 0.2) is 72.5 Å². The summed E-state index contributed by atoms with van der Waals surface area (Å²) in [6.07, 6.45) is 8.88. The number of nitrogens with zero attached hydrogens (tertiary/aromatic N) is 2. The highest BCUT2D eigenvalue weighted by Gasteiger charge is 2.44. The van der Waals surface area contributed by atoms with E-state index in [0.29, 0.717) is 26.1 Å². The highest BCUT2D eigenvalue weighted by molar-refractivity contribution is 6.03. The fraction of sp³-hybridized carbons (Fsp3) is 0.457. The van der Waals surface area contributed by atoms with Crippen molar-refractivity contribution in [2.75, 3.05) is 31.2 Å². The van der Waals surface area contributed by atoms with E-state index in [4.69, 9.17) is 9.47 Å². The van der Waals surface area contributed by atoms with E-state index in [9.17, 15) is 9.59 Å². The molecule has 0 bridgehead atoms. The Balaban J connectivity index is 1.64. The van der Waals surface area contributed by atoms with Crippen molar-refractivity contribution in [1.82, 2.24) is 0 Å². The first-order chi connectivity index (χ1) is 19.6. The van der Waals surface area contributed by atoms with E-state index in [0.717, 1.165) is 25.9 Å². The Kier molecular flexibility index (Phi) is 9.52. The third kappa shape index (κ3) is 6.32. The SMILES string of the molecule is CCOC(=O)CCCN1C(=CC=CC2=[N+](CCCC(=O)OCC)c3ccccc3C2(C)C)C(C)(C)c2ccccc21. The van der Waals surface area contributed by atoms with Crippen molar-refractivity contribution in [3.05, 3.63) is 83.6 Å². The van der Waals surface area contributed by atoms with Crippen molar-refractivity contribution < 1.29 is 23.6 Å². The maximum Gasteiger partial charge on any atom is 0.306 e. The minimum absolute atomic E-state index is 0.146. The number of esters is 2. The monoisotopic (exact) mass is 557 g/mol. The highest BCUT2D eigenvalue weighted by atomic mass is 16.5. The predicted octanol–water partition coefficient (Wildman–Crippen LogP) is 6.99. The molecule has 6 nitrogen and oxygen atoms in total. The summed E-state index contributed by atoms with van der Waals surface area (Å²) in [5.74, 6) is -0.292. The van der Waals surface area contributed by atoms with Gasteiger partial charge in [-0.05, 0) is 51.8 Å². The van der Waals surface area contributed by atoms with E-state index in [2.05, 4.69) is 104 Å². The topological polar surface area (TPSA) is 58.8 Å². The molecular weight excluding hydrogens is 512 g/mol. The number of para-hydroxylation sites is 2. The molecule has 0 fully saturated rings. The lowest BCUT2D eigenvalue weighted by Gasteiger charge is -2.27. The molecule has 2 aromatic carbocycles. The van der Waals surface area contributed by atoms with Gasteiger partial charge in [0.05, 0.1) is 25.0 Å². The van der Waals surface area contributed by atoms with Gasteiger partial charge < -0.3 is 14.4 Å². The quantitative estimate of drug-likeness (QED) is 0.208. The van der Waals surface area contributed by atoms with Crippen LogP contribution in [0, 0.1) is 0 Å². The van der Waals surface area contributed by atoms with Gasteiger partial charge in [-0.25, -0.2) is 0 Å². The fourth-order valence-electron chi connectivity index (χ4n) is 6.22. The van der Waals surface area contributed by atoms with Crippen molar-refractivity contribution in [2.45, 2.75) is 78.1 Å². The Morgan fingerprint density at radius 2 is 1.44 bits per heavy atom. The minimum Gasteiger partial charge on any atom is -0.466 e. The smallest absolute Gasteiger partial charge is 0.306 e. The molecule has 0 N–H and O–H groups in total. The summed E-state index contributed by atoms with van der Waals surface area (Å²) in [7, 11) is 0. The normalized spacial score (nSPS) is 17.7. The first-order valence-corrected chi connectivity index (χ1v) is 14.9. The van der Waals surface area contributed by atoms with Crippen molar-refractivity contribution >= 4 is 29.0 Å². The van der Waals surface area contributed by atoms with Crippen LogP contribution in [0.3, 0.4) is 0 Å². The van der Waals surface area contributed by atoms with Crippen molar-refractivity contribution in [2.24, 2.45) is 0 Å². The van der Waals surface area contributed by atoms with Crippen molar-refractivity contribution in [1.29, 1.82) is 0 Å². The molecule has 0 amide bonds. The Bertz CT molecular complexity index is 1370. The summed E-state index contributed by atoms with van der Waals surface area (Å²) in [4.78, 5) is 26.4. The molecule has 4 rings (SSSR count). The molecule has 0 spiro atoms. The third-order valence-corrected chi connectivity index (χ3v) is 8.24. The van der Waals surface area contributed by atoms with Gasteiger partial charge in [-0.1, -0.05) is 56.3 Å². The van der Waals surface area contributed by atoms with Crippen LogP contribution < -0.4 is 4.90 Å². The average Bonchev–Trinajstić information content (AvgIpc) is 3.28. The first kappa shape index (κ1) is 30.3. The molecule has 0 aliphatic carbocycles. The molecule has 218 valence electrons. The highest BCUT2D eigenvalue weighted by Crippen LogP contribution is 2.47. The van der Waals surface area contributed by atoms with Crippen LogP contribution in [-0.2, 0) is 29.9 Å². The van der Waals surface area contributed by atoms with Gasteiger partial charge in [0.1, 0.15) is 6.54 Å². The number of carbonyl (C=O) groups is 2. The maximum absolute atomic E-state index is 12.0. The number of rotatable bonds is 12. The summed E-state index contributed by atoms with van der Waals surface area (Å²) in [6, 6.07) is 17.1. The number of ether oxygens (including phenoxy) is 2. The lowest BCUT2D eigenvalue weighted by Crippen LogP contribution is -2.28. The van der Waals surface area contributed by atoms with Crippen LogP contribution in [-0.4, -0.2) is 48.5 Å². The molecule has 2 aliphatic heterocycles. The van der Waals surface area contributed by atoms with Gasteiger partial charge in [-0.2, -0.15) is 4.58 Å². The van der Waals surface area contributed by atoms with E-state index in [1.807, 2.05) is 13.8 Å².